The molecule has 0 heterocycles. The van der Waals surface area contributed by atoms with Gasteiger partial charge in [-0.2, -0.15) is 0 Å². The third-order valence-electron chi connectivity index (χ3n) is 4.14. The van der Waals surface area contributed by atoms with E-state index in [0.717, 1.165) is 16.3 Å². The van der Waals surface area contributed by atoms with Crippen LogP contribution in [0, 0.1) is 11.8 Å². The lowest BCUT2D eigenvalue weighted by atomic mass is 9.77. The maximum Gasteiger partial charge on any atom is 0.0357 e. The molecule has 1 nitrogen and oxygen atoms in total. The van der Waals surface area contributed by atoms with E-state index in [0.29, 0.717) is 6.04 Å². The number of hydrogen-bond acceptors (Lipinski definition) is 1. The number of halogens is 2. The molecule has 0 bridgehead atoms. The van der Waals surface area contributed by atoms with Crippen LogP contribution in [0.1, 0.15) is 44.2 Å². The fourth-order valence-corrected chi connectivity index (χ4v) is 4.31. The molecule has 1 aromatic carbocycles. The number of rotatable bonds is 3. The summed E-state index contributed by atoms with van der Waals surface area (Å²) in [6.07, 6.45) is 5.43. The van der Waals surface area contributed by atoms with Crippen molar-refractivity contribution < 1.29 is 0 Å². The first-order valence-corrected chi connectivity index (χ1v) is 8.32. The second-order valence-electron chi connectivity index (χ2n) is 5.45. The van der Waals surface area contributed by atoms with Gasteiger partial charge in [0, 0.05) is 15.0 Å². The predicted octanol–water partition coefficient (Wildman–Crippen LogP) is 5.30. The van der Waals surface area contributed by atoms with E-state index in [2.05, 4.69) is 69.3 Å². The van der Waals surface area contributed by atoms with Crippen LogP contribution < -0.4 is 5.32 Å². The summed E-state index contributed by atoms with van der Waals surface area (Å²) in [5, 5.41) is 3.52. The molecule has 18 heavy (non-hydrogen) atoms. The Hall–Kier alpha value is 0.140. The highest BCUT2D eigenvalue weighted by atomic mass is 79.9. The molecule has 3 heteroatoms. The van der Waals surface area contributed by atoms with Gasteiger partial charge in [-0.05, 0) is 49.4 Å². The van der Waals surface area contributed by atoms with Gasteiger partial charge in [-0.3, -0.25) is 0 Å². The predicted molar refractivity (Wildman–Crippen MR) is 84.8 cm³/mol. The van der Waals surface area contributed by atoms with Crippen LogP contribution >= 0.6 is 31.9 Å². The number of nitrogens with one attached hydrogen (secondary N) is 1. The first-order chi connectivity index (χ1) is 8.61. The number of hydrogen-bond donors (Lipinski definition) is 1. The molecule has 0 amide bonds. The molecule has 1 fully saturated rings. The normalized spacial score (nSPS) is 26.0. The summed E-state index contributed by atoms with van der Waals surface area (Å²) in [7, 11) is 2.08. The Morgan fingerprint density at radius 3 is 2.39 bits per heavy atom. The molecule has 0 aliphatic heterocycles. The van der Waals surface area contributed by atoms with E-state index in [1.54, 1.807) is 0 Å². The SMILES string of the molecule is CNC(c1ccc(Br)cc1Br)C1CCC(C)CC1. The summed E-state index contributed by atoms with van der Waals surface area (Å²) in [6, 6.07) is 6.98. The van der Waals surface area contributed by atoms with Gasteiger partial charge in [-0.1, -0.05) is 57.7 Å². The zero-order valence-electron chi connectivity index (χ0n) is 11.0. The van der Waals surface area contributed by atoms with Crippen LogP contribution in [0.5, 0.6) is 0 Å². The second-order valence-corrected chi connectivity index (χ2v) is 7.22. The molecule has 100 valence electrons. The Kier molecular flexibility index (Phi) is 5.28. The highest BCUT2D eigenvalue weighted by Gasteiger charge is 2.27. The van der Waals surface area contributed by atoms with Crippen molar-refractivity contribution in [2.45, 2.75) is 38.6 Å². The summed E-state index contributed by atoms with van der Waals surface area (Å²) in [4.78, 5) is 0. The van der Waals surface area contributed by atoms with Gasteiger partial charge in [-0.15, -0.1) is 0 Å². The Morgan fingerprint density at radius 2 is 1.83 bits per heavy atom. The van der Waals surface area contributed by atoms with Crippen LogP contribution in [-0.4, -0.2) is 7.05 Å². The first kappa shape index (κ1) is 14.5. The van der Waals surface area contributed by atoms with E-state index in [4.69, 9.17) is 0 Å². The van der Waals surface area contributed by atoms with Crippen molar-refractivity contribution in [3.63, 3.8) is 0 Å². The van der Waals surface area contributed by atoms with Gasteiger partial charge in [0.15, 0.2) is 0 Å². The lowest BCUT2D eigenvalue weighted by Gasteiger charge is -2.33. The average Bonchev–Trinajstić information content (AvgIpc) is 2.35. The fourth-order valence-electron chi connectivity index (χ4n) is 3.02. The lowest BCUT2D eigenvalue weighted by molar-refractivity contribution is 0.237. The van der Waals surface area contributed by atoms with Crippen LogP contribution in [0.4, 0.5) is 0 Å². The Balaban J connectivity index is 2.17. The van der Waals surface area contributed by atoms with E-state index in [1.165, 1.54) is 35.7 Å². The van der Waals surface area contributed by atoms with E-state index in [1.807, 2.05) is 0 Å². The summed E-state index contributed by atoms with van der Waals surface area (Å²) in [5.74, 6) is 1.68. The van der Waals surface area contributed by atoms with Gasteiger partial charge >= 0.3 is 0 Å². The zero-order chi connectivity index (χ0) is 13.1. The highest BCUT2D eigenvalue weighted by Crippen LogP contribution is 2.39. The minimum atomic E-state index is 0.472. The highest BCUT2D eigenvalue weighted by molar-refractivity contribution is 9.11. The average molecular weight is 375 g/mol. The standard InChI is InChI=1S/C15H21Br2N/c1-10-3-5-11(6-4-10)15(18-2)13-8-7-12(16)9-14(13)17/h7-11,15,18H,3-6H2,1-2H3. The maximum absolute atomic E-state index is 3.70. The maximum atomic E-state index is 3.70. The molecule has 1 aromatic rings. The van der Waals surface area contributed by atoms with Crippen LogP contribution in [0.2, 0.25) is 0 Å². The molecule has 2 rings (SSSR count). The van der Waals surface area contributed by atoms with Crippen molar-refractivity contribution in [3.05, 3.63) is 32.7 Å². The quantitative estimate of drug-likeness (QED) is 0.756. The molecule has 1 aliphatic rings. The Bertz CT molecular complexity index is 397. The van der Waals surface area contributed by atoms with Crippen LogP contribution in [0.3, 0.4) is 0 Å². The second kappa shape index (κ2) is 6.53. The van der Waals surface area contributed by atoms with Crippen molar-refractivity contribution in [2.24, 2.45) is 11.8 Å². The van der Waals surface area contributed by atoms with Gasteiger partial charge in [-0.25, -0.2) is 0 Å². The zero-order valence-corrected chi connectivity index (χ0v) is 14.2. The molecule has 1 saturated carbocycles. The van der Waals surface area contributed by atoms with Gasteiger partial charge in [0.1, 0.15) is 0 Å². The monoisotopic (exact) mass is 373 g/mol. The van der Waals surface area contributed by atoms with Gasteiger partial charge < -0.3 is 5.32 Å². The molecule has 1 N–H and O–H groups in total. The molecular weight excluding hydrogens is 354 g/mol. The van der Waals surface area contributed by atoms with Crippen molar-refractivity contribution >= 4 is 31.9 Å². The van der Waals surface area contributed by atoms with Crippen LogP contribution in [0.25, 0.3) is 0 Å². The van der Waals surface area contributed by atoms with Crippen molar-refractivity contribution in [2.75, 3.05) is 7.05 Å². The smallest absolute Gasteiger partial charge is 0.0357 e. The largest absolute Gasteiger partial charge is 0.313 e. The van der Waals surface area contributed by atoms with E-state index < -0.39 is 0 Å². The van der Waals surface area contributed by atoms with E-state index >= 15 is 0 Å². The third kappa shape index (κ3) is 3.37. The fraction of sp³-hybridized carbons (Fsp3) is 0.600. The molecule has 0 spiro atoms. The van der Waals surface area contributed by atoms with E-state index in [-0.39, 0.29) is 0 Å². The minimum absolute atomic E-state index is 0.472. The molecule has 1 atom stereocenters. The topological polar surface area (TPSA) is 12.0 Å². The molecule has 0 aromatic heterocycles. The van der Waals surface area contributed by atoms with Gasteiger partial charge in [0.2, 0.25) is 0 Å². The molecular formula is C15H21Br2N. The Labute approximate surface area is 127 Å². The molecule has 0 radical (unpaired) electrons. The number of benzene rings is 1. The van der Waals surface area contributed by atoms with Gasteiger partial charge in [0.05, 0.1) is 0 Å². The lowest BCUT2D eigenvalue weighted by Crippen LogP contribution is -2.28. The van der Waals surface area contributed by atoms with Crippen LogP contribution in [-0.2, 0) is 0 Å². The summed E-state index contributed by atoms with van der Waals surface area (Å²) in [5.41, 5.74) is 1.39. The van der Waals surface area contributed by atoms with Crippen LogP contribution in [0.15, 0.2) is 27.1 Å². The third-order valence-corrected chi connectivity index (χ3v) is 5.32. The summed E-state index contributed by atoms with van der Waals surface area (Å²) in [6.45, 7) is 2.38. The molecule has 1 aliphatic carbocycles. The van der Waals surface area contributed by atoms with Gasteiger partial charge in [0.25, 0.3) is 0 Å². The first-order valence-electron chi connectivity index (χ1n) is 6.74. The van der Waals surface area contributed by atoms with E-state index in [9.17, 15) is 0 Å². The van der Waals surface area contributed by atoms with Crippen molar-refractivity contribution in [1.29, 1.82) is 0 Å². The molecule has 1 unspecified atom stereocenters. The Morgan fingerprint density at radius 1 is 1.17 bits per heavy atom. The molecule has 0 saturated heterocycles. The summed E-state index contributed by atoms with van der Waals surface area (Å²) < 4.78 is 2.33. The summed E-state index contributed by atoms with van der Waals surface area (Å²) >= 11 is 7.22. The minimum Gasteiger partial charge on any atom is -0.313 e. The van der Waals surface area contributed by atoms with Crippen molar-refractivity contribution in [1.82, 2.24) is 5.32 Å². The van der Waals surface area contributed by atoms with Crippen molar-refractivity contribution in [3.8, 4) is 0 Å².